The topological polar surface area (TPSA) is 50.7 Å². The number of H-pyrrole nitrogens is 1. The Labute approximate surface area is 99.1 Å². The molecule has 80 valence electrons. The Morgan fingerprint density at radius 1 is 1.67 bits per heavy atom. The Balaban J connectivity index is 2.50. The van der Waals surface area contributed by atoms with Crippen LogP contribution in [0.15, 0.2) is 20.8 Å². The average molecular weight is 288 g/mol. The van der Waals surface area contributed by atoms with Crippen molar-refractivity contribution in [3.05, 3.63) is 32.1 Å². The third-order valence-electron chi connectivity index (χ3n) is 2.01. The molecule has 0 aliphatic heterocycles. The lowest BCUT2D eigenvalue weighted by Gasteiger charge is -1.95. The van der Waals surface area contributed by atoms with E-state index in [0.717, 1.165) is 18.5 Å². The van der Waals surface area contributed by atoms with E-state index in [1.54, 1.807) is 6.20 Å². The van der Waals surface area contributed by atoms with Gasteiger partial charge in [0.05, 0.1) is 5.69 Å². The molecular weight excluding hydrogens is 278 g/mol. The van der Waals surface area contributed by atoms with Gasteiger partial charge in [-0.15, -0.1) is 11.3 Å². The third kappa shape index (κ3) is 1.91. The maximum Gasteiger partial charge on any atom is 0.287 e. The number of hydrogen-bond acceptors (Lipinski definition) is 3. The number of rotatable bonds is 3. The molecule has 4 nitrogen and oxygen atoms in total. The number of halogens is 1. The van der Waals surface area contributed by atoms with Crippen molar-refractivity contribution in [2.24, 2.45) is 0 Å². The first-order valence-corrected chi connectivity index (χ1v) is 6.30. The molecule has 0 saturated carbocycles. The highest BCUT2D eigenvalue weighted by molar-refractivity contribution is 9.10. The number of hydrogen-bond donors (Lipinski definition) is 1. The normalized spacial score (nSPS) is 10.8. The van der Waals surface area contributed by atoms with Gasteiger partial charge in [-0.3, -0.25) is 9.89 Å². The molecule has 2 aromatic heterocycles. The molecule has 0 radical (unpaired) electrons. The van der Waals surface area contributed by atoms with Crippen LogP contribution in [0.2, 0.25) is 0 Å². The van der Waals surface area contributed by atoms with E-state index in [1.807, 2.05) is 5.38 Å². The molecule has 2 aromatic rings. The zero-order valence-electron chi connectivity index (χ0n) is 8.16. The van der Waals surface area contributed by atoms with Crippen molar-refractivity contribution >= 4 is 27.3 Å². The first-order valence-electron chi connectivity index (χ1n) is 4.63. The molecule has 2 heterocycles. The predicted molar refractivity (Wildman–Crippen MR) is 63.8 cm³/mol. The van der Waals surface area contributed by atoms with Gasteiger partial charge in [-0.05, 0) is 22.4 Å². The molecule has 0 aliphatic carbocycles. The molecule has 0 aromatic carbocycles. The Morgan fingerprint density at radius 2 is 2.47 bits per heavy atom. The minimum atomic E-state index is -0.0756. The zero-order chi connectivity index (χ0) is 10.8. The molecule has 0 atom stereocenters. The molecule has 0 fully saturated rings. The Kier molecular flexibility index (Phi) is 3.06. The zero-order valence-corrected chi connectivity index (χ0v) is 10.6. The summed E-state index contributed by atoms with van der Waals surface area (Å²) in [4.78, 5) is 15.9. The summed E-state index contributed by atoms with van der Waals surface area (Å²) in [6, 6.07) is 0. The Morgan fingerprint density at radius 3 is 3.07 bits per heavy atom. The standard InChI is InChI=1S/C9H10BrN3OS/c1-2-3-6-7(10)8(14)13(12-6)9-11-4-5-15-9/h4-5,12H,2-3H2,1H3. The fourth-order valence-corrected chi connectivity index (χ4v) is 2.40. The van der Waals surface area contributed by atoms with Crippen LogP contribution in [0.25, 0.3) is 5.13 Å². The maximum absolute atomic E-state index is 11.8. The third-order valence-corrected chi connectivity index (χ3v) is 3.59. The fraction of sp³-hybridized carbons (Fsp3) is 0.333. The van der Waals surface area contributed by atoms with Gasteiger partial charge < -0.3 is 0 Å². The number of aromatic amines is 1. The molecule has 0 saturated heterocycles. The van der Waals surface area contributed by atoms with E-state index in [9.17, 15) is 4.79 Å². The van der Waals surface area contributed by atoms with Gasteiger partial charge in [0.25, 0.3) is 5.56 Å². The molecule has 0 spiro atoms. The van der Waals surface area contributed by atoms with Crippen molar-refractivity contribution in [3.8, 4) is 5.13 Å². The quantitative estimate of drug-likeness (QED) is 0.942. The summed E-state index contributed by atoms with van der Waals surface area (Å²) in [5, 5.41) is 5.57. The van der Waals surface area contributed by atoms with Gasteiger partial charge in [-0.25, -0.2) is 4.98 Å². The Hall–Kier alpha value is -0.880. The highest BCUT2D eigenvalue weighted by atomic mass is 79.9. The molecule has 0 amide bonds. The second-order valence-corrected chi connectivity index (χ2v) is 4.78. The summed E-state index contributed by atoms with van der Waals surface area (Å²) < 4.78 is 2.08. The van der Waals surface area contributed by atoms with Crippen molar-refractivity contribution in [2.45, 2.75) is 19.8 Å². The van der Waals surface area contributed by atoms with Crippen molar-refractivity contribution in [3.63, 3.8) is 0 Å². The molecular formula is C9H10BrN3OS. The van der Waals surface area contributed by atoms with Crippen LogP contribution in [-0.4, -0.2) is 14.8 Å². The van der Waals surface area contributed by atoms with Crippen LogP contribution in [-0.2, 0) is 6.42 Å². The van der Waals surface area contributed by atoms with E-state index in [2.05, 4.69) is 32.9 Å². The average Bonchev–Trinajstić information content (AvgIpc) is 2.82. The lowest BCUT2D eigenvalue weighted by Crippen LogP contribution is -2.14. The SMILES string of the molecule is CCCc1[nH]n(-c2nccs2)c(=O)c1Br. The number of nitrogens with one attached hydrogen (secondary N) is 1. The molecule has 1 N–H and O–H groups in total. The van der Waals surface area contributed by atoms with Gasteiger partial charge in [0, 0.05) is 11.6 Å². The van der Waals surface area contributed by atoms with Crippen molar-refractivity contribution in [1.29, 1.82) is 0 Å². The Bertz CT molecular complexity index is 500. The van der Waals surface area contributed by atoms with Crippen LogP contribution in [0.1, 0.15) is 19.0 Å². The number of aromatic nitrogens is 3. The summed E-state index contributed by atoms with van der Waals surface area (Å²) >= 11 is 4.73. The van der Waals surface area contributed by atoms with E-state index in [4.69, 9.17) is 0 Å². The second kappa shape index (κ2) is 4.32. The van der Waals surface area contributed by atoms with Gasteiger partial charge in [-0.1, -0.05) is 13.3 Å². The predicted octanol–water partition coefficient (Wildman–Crippen LogP) is 2.34. The summed E-state index contributed by atoms with van der Waals surface area (Å²) in [5.74, 6) is 0. The minimum Gasteiger partial charge on any atom is -0.292 e. The highest BCUT2D eigenvalue weighted by Crippen LogP contribution is 2.15. The summed E-state index contributed by atoms with van der Waals surface area (Å²) in [6.45, 7) is 2.07. The first-order chi connectivity index (χ1) is 7.24. The van der Waals surface area contributed by atoms with Crippen LogP contribution in [0.3, 0.4) is 0 Å². The van der Waals surface area contributed by atoms with Gasteiger partial charge in [0.1, 0.15) is 4.47 Å². The van der Waals surface area contributed by atoms with Crippen molar-refractivity contribution in [1.82, 2.24) is 14.8 Å². The smallest absolute Gasteiger partial charge is 0.287 e. The van der Waals surface area contributed by atoms with Crippen LogP contribution in [0.4, 0.5) is 0 Å². The molecule has 0 unspecified atom stereocenters. The molecule has 6 heteroatoms. The van der Waals surface area contributed by atoms with Crippen LogP contribution in [0.5, 0.6) is 0 Å². The number of aryl methyl sites for hydroxylation is 1. The highest BCUT2D eigenvalue weighted by Gasteiger charge is 2.12. The van der Waals surface area contributed by atoms with E-state index in [1.165, 1.54) is 16.0 Å². The fourth-order valence-electron chi connectivity index (χ4n) is 1.34. The van der Waals surface area contributed by atoms with Crippen molar-refractivity contribution in [2.75, 3.05) is 0 Å². The summed E-state index contributed by atoms with van der Waals surface area (Å²) in [5.41, 5.74) is 0.853. The van der Waals surface area contributed by atoms with Crippen LogP contribution in [0, 0.1) is 0 Å². The molecule has 2 rings (SSSR count). The van der Waals surface area contributed by atoms with Gasteiger partial charge in [0.15, 0.2) is 0 Å². The summed E-state index contributed by atoms with van der Waals surface area (Å²) in [7, 11) is 0. The first kappa shape index (κ1) is 10.6. The van der Waals surface area contributed by atoms with Gasteiger partial charge in [0.2, 0.25) is 5.13 Å². The minimum absolute atomic E-state index is 0.0756. The van der Waals surface area contributed by atoms with Gasteiger partial charge >= 0.3 is 0 Å². The maximum atomic E-state index is 11.8. The lowest BCUT2D eigenvalue weighted by atomic mass is 10.3. The van der Waals surface area contributed by atoms with E-state index >= 15 is 0 Å². The van der Waals surface area contributed by atoms with Crippen LogP contribution >= 0.6 is 27.3 Å². The monoisotopic (exact) mass is 287 g/mol. The largest absolute Gasteiger partial charge is 0.292 e. The van der Waals surface area contributed by atoms with Crippen molar-refractivity contribution < 1.29 is 0 Å². The number of nitrogens with zero attached hydrogens (tertiary/aromatic N) is 2. The number of thiazole rings is 1. The molecule has 0 bridgehead atoms. The van der Waals surface area contributed by atoms with Crippen LogP contribution < -0.4 is 5.56 Å². The second-order valence-electron chi connectivity index (χ2n) is 3.11. The summed E-state index contributed by atoms with van der Waals surface area (Å²) in [6.07, 6.45) is 3.53. The molecule has 0 aliphatic rings. The molecule has 15 heavy (non-hydrogen) atoms. The van der Waals surface area contributed by atoms with E-state index < -0.39 is 0 Å². The van der Waals surface area contributed by atoms with E-state index in [-0.39, 0.29) is 5.56 Å². The van der Waals surface area contributed by atoms with Gasteiger partial charge in [-0.2, -0.15) is 4.68 Å². The lowest BCUT2D eigenvalue weighted by molar-refractivity contribution is 0.788. The van der Waals surface area contributed by atoms with E-state index in [0.29, 0.717) is 9.60 Å².